The third kappa shape index (κ3) is 10.9. The Labute approximate surface area is 470 Å². The highest BCUT2D eigenvalue weighted by Crippen LogP contribution is 2.46. The largest absolute Gasteiger partial charge is 0.310 e. The van der Waals surface area contributed by atoms with Crippen molar-refractivity contribution in [1.29, 1.82) is 0 Å². The molecule has 0 fully saturated rings. The van der Waals surface area contributed by atoms with Crippen molar-refractivity contribution < 1.29 is 4.39 Å². The van der Waals surface area contributed by atoms with Crippen LogP contribution in [0.1, 0.15) is 45.7 Å². The van der Waals surface area contributed by atoms with Gasteiger partial charge in [-0.05, 0) is 180 Å². The first-order valence-corrected chi connectivity index (χ1v) is 27.8. The van der Waals surface area contributed by atoms with E-state index >= 15 is 4.39 Å². The highest BCUT2D eigenvalue weighted by molar-refractivity contribution is 6.02. The van der Waals surface area contributed by atoms with E-state index in [1.165, 1.54) is 27.1 Å². The van der Waals surface area contributed by atoms with Crippen LogP contribution in [0, 0.1) is 5.41 Å². The molecule has 12 rings (SSSR count). The fourth-order valence-corrected chi connectivity index (χ4v) is 11.5. The first kappa shape index (κ1) is 51.3. The van der Waals surface area contributed by atoms with Crippen molar-refractivity contribution in [3.63, 3.8) is 0 Å². The molecule has 0 spiro atoms. The maximum Gasteiger partial charge on any atom is 0.109 e. The summed E-state index contributed by atoms with van der Waals surface area (Å²) in [5.41, 5.74) is 13.5. The summed E-state index contributed by atoms with van der Waals surface area (Å²) in [7, 11) is 0. The molecule has 80 heavy (non-hydrogen) atoms. The van der Waals surface area contributed by atoms with E-state index in [0.29, 0.717) is 6.42 Å². The first-order chi connectivity index (χ1) is 38.9. The zero-order chi connectivity index (χ0) is 54.8. The fraction of sp³-hybridized carbons (Fsp3) is 0.120. The zero-order valence-corrected chi connectivity index (χ0v) is 46.1. The average molecular weight is 1040 g/mol. The molecule has 0 aliphatic heterocycles. The van der Waals surface area contributed by atoms with Crippen molar-refractivity contribution in [3.8, 4) is 0 Å². The number of fused-ring (bicyclic) bond motifs is 3. The van der Waals surface area contributed by atoms with Crippen LogP contribution >= 0.6 is 0 Å². The van der Waals surface area contributed by atoms with Crippen molar-refractivity contribution in [2.75, 3.05) is 19.6 Å². The maximum atomic E-state index is 15.2. The summed E-state index contributed by atoms with van der Waals surface area (Å²) in [6.45, 7) is 10.2. The minimum absolute atomic E-state index is 0.113. The Kier molecular flexibility index (Phi) is 14.0. The molecule has 5 heteroatoms. The van der Waals surface area contributed by atoms with E-state index in [2.05, 4.69) is 307 Å². The Morgan fingerprint density at radius 3 is 1.05 bits per heavy atom. The maximum absolute atomic E-state index is 15.2. The number of alkyl halides is 1. The van der Waals surface area contributed by atoms with Gasteiger partial charge in [-0.1, -0.05) is 172 Å². The van der Waals surface area contributed by atoms with Crippen molar-refractivity contribution in [1.82, 2.24) is 0 Å². The molecule has 12 aromatic carbocycles. The van der Waals surface area contributed by atoms with E-state index in [-0.39, 0.29) is 5.41 Å². The van der Waals surface area contributed by atoms with Gasteiger partial charge in [0.1, 0.15) is 5.67 Å². The van der Waals surface area contributed by atoms with Gasteiger partial charge in [0.2, 0.25) is 0 Å². The molecule has 0 saturated carbocycles. The van der Waals surface area contributed by atoms with E-state index in [9.17, 15) is 0 Å². The van der Waals surface area contributed by atoms with E-state index in [1.54, 1.807) is 13.8 Å². The van der Waals surface area contributed by atoms with Crippen molar-refractivity contribution in [3.05, 3.63) is 290 Å². The Hall–Kier alpha value is -9.45. The molecular weight excluding hydrogens is 976 g/mol. The Balaban J connectivity index is 0.997. The molecule has 0 aromatic heterocycles. The van der Waals surface area contributed by atoms with Gasteiger partial charge < -0.3 is 19.6 Å². The summed E-state index contributed by atoms with van der Waals surface area (Å²) in [6, 6.07) is 100. The van der Waals surface area contributed by atoms with Gasteiger partial charge in [-0.2, -0.15) is 0 Å². The summed E-state index contributed by atoms with van der Waals surface area (Å²) < 4.78 is 15.2. The summed E-state index contributed by atoms with van der Waals surface area (Å²) in [5.74, 6) is 0. The molecular formula is C75H65FN4. The number of rotatable bonds is 15. The molecule has 0 saturated heterocycles. The van der Waals surface area contributed by atoms with E-state index in [0.717, 1.165) is 91.0 Å². The van der Waals surface area contributed by atoms with Gasteiger partial charge in [-0.15, -0.1) is 0 Å². The molecule has 12 aromatic rings. The normalized spacial score (nSPS) is 11.7. The summed E-state index contributed by atoms with van der Waals surface area (Å²) in [4.78, 5) is 9.41. The van der Waals surface area contributed by atoms with Crippen LogP contribution in [-0.2, 0) is 12.8 Å². The lowest BCUT2D eigenvalue weighted by molar-refractivity contribution is 0.217. The molecule has 0 aliphatic carbocycles. The lowest BCUT2D eigenvalue weighted by Crippen LogP contribution is -2.16. The van der Waals surface area contributed by atoms with Crippen LogP contribution in [0.4, 0.5) is 72.6 Å². The SMILES string of the molecule is CC(C)(C)Cc1cc(N(c2ccccc2)c2ccc(N(c3ccc(N(c4ccccc4)c4cccc5ccccc45)cc3)c3ccc(N(c4cccc(CC(C)(C)F)c4)c4cccc5ccccc45)cc3)cc2)c2ccccc2c1. The molecule has 0 unspecified atom stereocenters. The molecule has 0 bridgehead atoms. The monoisotopic (exact) mass is 1040 g/mol. The standard InChI is InChI=1S/C75H65FN4/c1-74(2,3)52-55-49-58-24-14-17-34-70(58)73(51-55)79(60-29-10-7-11-30-60)65-45-39-62(40-46-65)77(61-37-43-64(44-38-61)78(59-27-8-6-9-28-59)71-35-19-25-56-22-12-15-32-68(56)71)63-41-47-66(48-42-63)80(67-31-18-21-54(50-67)53-75(4,5)76)72-36-20-26-57-23-13-16-33-69(57)72/h6-51H,52-53H2,1-5H3. The van der Waals surface area contributed by atoms with E-state index in [4.69, 9.17) is 0 Å². The lowest BCUT2D eigenvalue weighted by atomic mass is 9.87. The van der Waals surface area contributed by atoms with Gasteiger partial charge >= 0.3 is 0 Å². The molecule has 0 atom stereocenters. The molecule has 0 radical (unpaired) electrons. The average Bonchev–Trinajstić information content (AvgIpc) is 3.48. The van der Waals surface area contributed by atoms with Crippen LogP contribution in [0.2, 0.25) is 0 Å². The Bertz CT molecular complexity index is 4030. The van der Waals surface area contributed by atoms with Crippen LogP contribution in [0.15, 0.2) is 279 Å². The smallest absolute Gasteiger partial charge is 0.109 e. The van der Waals surface area contributed by atoms with Crippen LogP contribution in [0.25, 0.3) is 32.3 Å². The molecule has 0 heterocycles. The predicted octanol–water partition coefficient (Wildman–Crippen LogP) is 21.9. The van der Waals surface area contributed by atoms with Gasteiger partial charge in [-0.25, -0.2) is 4.39 Å². The highest BCUT2D eigenvalue weighted by atomic mass is 19.1. The molecule has 392 valence electrons. The first-order valence-electron chi connectivity index (χ1n) is 27.8. The fourth-order valence-electron chi connectivity index (χ4n) is 11.5. The topological polar surface area (TPSA) is 13.0 Å². The van der Waals surface area contributed by atoms with Gasteiger partial charge in [0, 0.05) is 73.8 Å². The van der Waals surface area contributed by atoms with Gasteiger partial charge in [0.05, 0.1) is 17.1 Å². The quantitative estimate of drug-likeness (QED) is 0.101. The van der Waals surface area contributed by atoms with Gasteiger partial charge in [0.25, 0.3) is 0 Å². The number of nitrogens with zero attached hydrogens (tertiary/aromatic N) is 4. The Morgan fingerprint density at radius 2 is 0.600 bits per heavy atom. The second-order valence-electron chi connectivity index (χ2n) is 22.7. The lowest BCUT2D eigenvalue weighted by Gasteiger charge is -2.31. The molecule has 0 N–H and O–H groups in total. The summed E-state index contributed by atoms with van der Waals surface area (Å²) in [5, 5.41) is 7.06. The second kappa shape index (κ2) is 21.8. The van der Waals surface area contributed by atoms with E-state index < -0.39 is 5.67 Å². The van der Waals surface area contributed by atoms with Crippen molar-refractivity contribution in [2.45, 2.75) is 53.1 Å². The minimum Gasteiger partial charge on any atom is -0.310 e. The van der Waals surface area contributed by atoms with Crippen LogP contribution < -0.4 is 19.6 Å². The second-order valence-corrected chi connectivity index (χ2v) is 22.7. The number of halogens is 1. The van der Waals surface area contributed by atoms with Gasteiger partial charge in [0.15, 0.2) is 0 Å². The molecule has 4 nitrogen and oxygen atoms in total. The number of hydrogen-bond acceptors (Lipinski definition) is 4. The van der Waals surface area contributed by atoms with Crippen LogP contribution in [0.3, 0.4) is 0 Å². The highest BCUT2D eigenvalue weighted by Gasteiger charge is 2.24. The third-order valence-electron chi connectivity index (χ3n) is 14.8. The van der Waals surface area contributed by atoms with Crippen LogP contribution in [0.5, 0.6) is 0 Å². The van der Waals surface area contributed by atoms with Gasteiger partial charge in [-0.3, -0.25) is 0 Å². The predicted molar refractivity (Wildman–Crippen MR) is 340 cm³/mol. The van der Waals surface area contributed by atoms with Crippen molar-refractivity contribution in [2.24, 2.45) is 5.41 Å². The zero-order valence-electron chi connectivity index (χ0n) is 46.1. The molecule has 0 aliphatic rings. The summed E-state index contributed by atoms with van der Waals surface area (Å²) >= 11 is 0. The van der Waals surface area contributed by atoms with E-state index in [1.807, 2.05) is 12.1 Å². The van der Waals surface area contributed by atoms with Crippen LogP contribution in [-0.4, -0.2) is 5.67 Å². The van der Waals surface area contributed by atoms with Crippen molar-refractivity contribution >= 4 is 101 Å². The number of anilines is 12. The summed E-state index contributed by atoms with van der Waals surface area (Å²) in [6.07, 6.45) is 1.26. The third-order valence-corrected chi connectivity index (χ3v) is 14.8. The number of para-hydroxylation sites is 2. The number of hydrogen-bond donors (Lipinski definition) is 0. The number of benzene rings is 12. The Morgan fingerprint density at radius 1 is 0.263 bits per heavy atom. The minimum atomic E-state index is -1.36. The molecule has 0 amide bonds.